The smallest absolute Gasteiger partial charge is 0.136 e. The number of nitrogens with zero attached hydrogens (tertiary/aromatic N) is 2. The lowest BCUT2D eigenvalue weighted by atomic mass is 9.93. The Morgan fingerprint density at radius 3 is 2.25 bits per heavy atom. The minimum atomic E-state index is 0.0243. The molecule has 0 aliphatic heterocycles. The molecule has 8 heavy (non-hydrogen) atoms. The molecule has 0 aromatic rings. The molecule has 0 saturated heterocycles. The third-order valence-electron chi connectivity index (χ3n) is 0.650. The molecular formula is C5H5BN2. The monoisotopic (exact) mass is 105 g/mol. The zero-order valence-corrected chi connectivity index (χ0v) is 4.60. The Morgan fingerprint density at radius 2 is 2.12 bits per heavy atom. The van der Waals surface area contributed by atoms with E-state index in [0.29, 0.717) is 5.47 Å². The number of hydrogen-bond acceptors (Lipinski definition) is 2. The standard InChI is InChI=1S/C5H5BN2/c1-4(6)5(2-7)3-8/h6H2,1H3/i6D. The highest BCUT2D eigenvalue weighted by molar-refractivity contribution is 6.22. The lowest BCUT2D eigenvalue weighted by Gasteiger charge is -1.81. The number of hydrogen-bond donors (Lipinski definition) is 0. The fraction of sp³-hybridized carbons (Fsp3) is 0.200. The molecule has 0 unspecified atom stereocenters. The molecule has 0 aliphatic rings. The van der Waals surface area contributed by atoms with E-state index in [0.717, 1.165) is 0 Å². The predicted octanol–water partition coefficient (Wildman–Crippen LogP) is -0.0593. The summed E-state index contributed by atoms with van der Waals surface area (Å²) in [6.07, 6.45) is 0. The van der Waals surface area contributed by atoms with Gasteiger partial charge < -0.3 is 0 Å². The summed E-state index contributed by atoms with van der Waals surface area (Å²) in [6.45, 7) is 1.61. The third-order valence-corrected chi connectivity index (χ3v) is 0.650. The van der Waals surface area contributed by atoms with Gasteiger partial charge in [-0.2, -0.15) is 10.5 Å². The minimum absolute atomic E-state index is 0.0243. The van der Waals surface area contributed by atoms with E-state index in [9.17, 15) is 0 Å². The van der Waals surface area contributed by atoms with Crippen LogP contribution in [0.5, 0.6) is 0 Å². The second-order valence-electron chi connectivity index (χ2n) is 1.38. The molecule has 0 N–H and O–H groups in total. The van der Waals surface area contributed by atoms with Crippen molar-refractivity contribution < 1.29 is 0 Å². The van der Waals surface area contributed by atoms with E-state index in [4.69, 9.17) is 11.9 Å². The van der Waals surface area contributed by atoms with Crippen LogP contribution in [0.15, 0.2) is 11.0 Å². The van der Waals surface area contributed by atoms with Gasteiger partial charge in [0.05, 0.1) is 0 Å². The van der Waals surface area contributed by atoms with E-state index < -0.39 is 0 Å². The number of nitriles is 2. The molecule has 0 saturated carbocycles. The van der Waals surface area contributed by atoms with Crippen molar-refractivity contribution in [3.63, 3.8) is 0 Å². The van der Waals surface area contributed by atoms with Crippen LogP contribution in [-0.4, -0.2) is 9.15 Å². The summed E-state index contributed by atoms with van der Waals surface area (Å²) in [6, 6.07) is 3.40. The molecule has 38 valence electrons. The van der Waals surface area contributed by atoms with Crippen LogP contribution in [-0.2, 0) is 0 Å². The van der Waals surface area contributed by atoms with Crippen molar-refractivity contribution in [1.82, 2.24) is 0 Å². The van der Waals surface area contributed by atoms with Crippen molar-refractivity contribution in [2.75, 3.05) is 0 Å². The Bertz CT molecular complexity index is 192. The first-order chi connectivity index (χ1) is 4.26. The molecule has 0 spiro atoms. The van der Waals surface area contributed by atoms with Gasteiger partial charge in [0.2, 0.25) is 0 Å². The quantitative estimate of drug-likeness (QED) is 0.346. The van der Waals surface area contributed by atoms with Crippen molar-refractivity contribution in [3.8, 4) is 12.1 Å². The fourth-order valence-electron chi connectivity index (χ4n) is 0.216. The molecule has 0 rings (SSSR count). The van der Waals surface area contributed by atoms with Gasteiger partial charge in [0.25, 0.3) is 0 Å². The van der Waals surface area contributed by atoms with Crippen LogP contribution < -0.4 is 0 Å². The molecule has 0 atom stereocenters. The number of allylic oxidation sites excluding steroid dienone is 2. The number of rotatable bonds is 1. The summed E-state index contributed by atoms with van der Waals surface area (Å²) >= 11 is 0. The highest BCUT2D eigenvalue weighted by Crippen LogP contribution is 1.93. The van der Waals surface area contributed by atoms with E-state index in [-0.39, 0.29) is 13.4 Å². The van der Waals surface area contributed by atoms with Crippen LogP contribution in [0.1, 0.15) is 6.92 Å². The van der Waals surface area contributed by atoms with Gasteiger partial charge in [0.15, 0.2) is 0 Å². The van der Waals surface area contributed by atoms with Crippen LogP contribution in [0.25, 0.3) is 0 Å². The molecule has 0 aromatic carbocycles. The van der Waals surface area contributed by atoms with Crippen molar-refractivity contribution >= 4 is 7.81 Å². The highest BCUT2D eigenvalue weighted by atomic mass is 14.3. The van der Waals surface area contributed by atoms with Crippen molar-refractivity contribution in [2.24, 2.45) is 0 Å². The molecular weight excluding hydrogens is 98.9 g/mol. The second-order valence-corrected chi connectivity index (χ2v) is 1.38. The summed E-state index contributed by atoms with van der Waals surface area (Å²) in [5.41, 5.74) is 0.588. The molecule has 2 nitrogen and oxygen atoms in total. The first-order valence-electron chi connectivity index (χ1n) is 2.76. The topological polar surface area (TPSA) is 47.6 Å². The summed E-state index contributed by atoms with van der Waals surface area (Å²) in [7, 11) is 0.0243. The molecule has 0 radical (unpaired) electrons. The summed E-state index contributed by atoms with van der Waals surface area (Å²) < 4.78 is 6.79. The van der Waals surface area contributed by atoms with Gasteiger partial charge in [-0.25, -0.2) is 0 Å². The molecule has 0 fully saturated rings. The van der Waals surface area contributed by atoms with Crippen LogP contribution >= 0.6 is 0 Å². The van der Waals surface area contributed by atoms with Gasteiger partial charge in [-0.15, -0.1) is 0 Å². The van der Waals surface area contributed by atoms with Gasteiger partial charge in [-0.3, -0.25) is 0 Å². The van der Waals surface area contributed by atoms with Gasteiger partial charge in [-0.05, 0) is 1.34 Å². The van der Waals surface area contributed by atoms with Crippen LogP contribution in [0.2, 0.25) is 0 Å². The minimum Gasteiger partial charge on any atom is -0.192 e. The van der Waals surface area contributed by atoms with Gasteiger partial charge >= 0.3 is 0 Å². The van der Waals surface area contributed by atoms with Crippen LogP contribution in [0.4, 0.5) is 0 Å². The Kier molecular flexibility index (Phi) is 1.77. The zero-order valence-electron chi connectivity index (χ0n) is 5.60. The average molecular weight is 105 g/mol. The van der Waals surface area contributed by atoms with Crippen molar-refractivity contribution in [3.05, 3.63) is 11.0 Å². The van der Waals surface area contributed by atoms with Crippen molar-refractivity contribution in [1.29, 1.82) is 11.9 Å². The van der Waals surface area contributed by atoms with Crippen LogP contribution in [0, 0.1) is 22.7 Å². The van der Waals surface area contributed by atoms with Gasteiger partial charge in [-0.1, -0.05) is 12.4 Å². The summed E-state index contributed by atoms with van der Waals surface area (Å²) in [5, 5.41) is 16.4. The predicted molar refractivity (Wildman–Crippen MR) is 32.5 cm³/mol. The highest BCUT2D eigenvalue weighted by Gasteiger charge is 1.90. The molecule has 0 heterocycles. The van der Waals surface area contributed by atoms with E-state index in [1.165, 1.54) is 0 Å². The Hall–Kier alpha value is -1.22. The largest absolute Gasteiger partial charge is 0.192 e. The Morgan fingerprint density at radius 1 is 1.62 bits per heavy atom. The average Bonchev–Trinajstić information content (AvgIpc) is 1.90. The third kappa shape index (κ3) is 1.49. The Labute approximate surface area is 50.8 Å². The van der Waals surface area contributed by atoms with Crippen LogP contribution in [0.3, 0.4) is 0 Å². The maximum atomic E-state index is 8.21. The summed E-state index contributed by atoms with van der Waals surface area (Å²) in [5.74, 6) is 0. The maximum absolute atomic E-state index is 8.21. The Balaban J connectivity index is 4.49. The van der Waals surface area contributed by atoms with E-state index in [1.807, 2.05) is 0 Å². The SMILES string of the molecule is [2H]BC(C)=C(C#N)C#N. The maximum Gasteiger partial charge on any atom is 0.136 e. The zero-order chi connectivity index (χ0) is 7.28. The first-order valence-corrected chi connectivity index (χ1v) is 2.05. The van der Waals surface area contributed by atoms with Gasteiger partial charge in [0.1, 0.15) is 25.5 Å². The lowest BCUT2D eigenvalue weighted by molar-refractivity contribution is 1.44. The molecule has 3 heteroatoms. The van der Waals surface area contributed by atoms with E-state index in [1.54, 1.807) is 19.1 Å². The van der Waals surface area contributed by atoms with Crippen molar-refractivity contribution in [2.45, 2.75) is 6.92 Å². The van der Waals surface area contributed by atoms with E-state index in [2.05, 4.69) is 0 Å². The fourth-order valence-corrected chi connectivity index (χ4v) is 0.216. The molecule has 0 aliphatic carbocycles. The second kappa shape index (κ2) is 2.88. The normalized spacial score (nSPS) is 7.62. The lowest BCUT2D eigenvalue weighted by Crippen LogP contribution is -1.79. The molecule has 0 amide bonds. The van der Waals surface area contributed by atoms with Gasteiger partial charge in [0, 0.05) is 0 Å². The van der Waals surface area contributed by atoms with E-state index >= 15 is 0 Å². The molecule has 0 bridgehead atoms. The first kappa shape index (κ1) is 4.93. The molecule has 0 aromatic heterocycles. The summed E-state index contributed by atoms with van der Waals surface area (Å²) in [4.78, 5) is 0.